The Morgan fingerprint density at radius 2 is 1.85 bits per heavy atom. The number of rotatable bonds is 6. The molecule has 0 spiro atoms. The van der Waals surface area contributed by atoms with Crippen LogP contribution in [0.15, 0.2) is 49.6 Å². The summed E-state index contributed by atoms with van der Waals surface area (Å²) < 4.78 is 1.99. The number of imidazole rings is 1. The van der Waals surface area contributed by atoms with Crippen LogP contribution in [0.4, 0.5) is 5.82 Å². The highest BCUT2D eigenvalue weighted by molar-refractivity contribution is 6.53. The van der Waals surface area contributed by atoms with E-state index in [0.29, 0.717) is 17.9 Å². The smallest absolute Gasteiger partial charge is 0.145 e. The van der Waals surface area contributed by atoms with Crippen LogP contribution in [0.1, 0.15) is 18.1 Å². The van der Waals surface area contributed by atoms with Crippen LogP contribution in [0.2, 0.25) is 0 Å². The lowest BCUT2D eigenvalue weighted by Gasteiger charge is -2.25. The first-order valence-electron chi connectivity index (χ1n) is 11.3. The van der Waals surface area contributed by atoms with Crippen LogP contribution in [0.25, 0.3) is 27.7 Å². The summed E-state index contributed by atoms with van der Waals surface area (Å²) in [5.74, 6) is 0.881. The second-order valence-corrected chi connectivity index (χ2v) is 9.69. The van der Waals surface area contributed by atoms with Gasteiger partial charge in [-0.3, -0.25) is 0 Å². The molecule has 1 unspecified atom stereocenters. The minimum Gasteiger partial charge on any atom is -0.508 e. The molecule has 4 aromatic rings. The molecule has 0 fully saturated rings. The molecule has 0 aliphatic carbocycles. The average Bonchev–Trinajstić information content (AvgIpc) is 3.20. The molecule has 0 radical (unpaired) electrons. The summed E-state index contributed by atoms with van der Waals surface area (Å²) in [7, 11) is 9.60. The van der Waals surface area contributed by atoms with E-state index in [2.05, 4.69) is 40.1 Å². The van der Waals surface area contributed by atoms with Crippen molar-refractivity contribution in [2.24, 2.45) is 7.05 Å². The van der Waals surface area contributed by atoms with Crippen LogP contribution in [0.3, 0.4) is 0 Å². The number of aromatic nitrogens is 3. The van der Waals surface area contributed by atoms with E-state index in [0.717, 1.165) is 49.5 Å². The van der Waals surface area contributed by atoms with Crippen molar-refractivity contribution in [3.05, 3.63) is 60.7 Å². The third-order valence-corrected chi connectivity index (χ3v) is 6.43. The standard InChI is InChI=1S/C24H28B4N4O2/c1-12(19-21(26)20(25)16(8-24(2,28)34)23(33)22(19)27)31-18-7-15-6-13(4-5-14(15)9-30-18)17-10-29-11-32(17)3/h4-7,9-11,33-34H,1,8,25-28H2,2-3H3,(H,30,31). The summed E-state index contributed by atoms with van der Waals surface area (Å²) in [6, 6.07) is 8.25. The topological polar surface area (TPSA) is 83.2 Å². The van der Waals surface area contributed by atoms with Crippen molar-refractivity contribution in [1.29, 1.82) is 0 Å². The molecule has 0 saturated heterocycles. The number of fused-ring (bicyclic) bond motifs is 1. The Balaban J connectivity index is 1.68. The highest BCUT2D eigenvalue weighted by Crippen LogP contribution is 2.26. The van der Waals surface area contributed by atoms with Crippen molar-refractivity contribution in [2.75, 3.05) is 5.32 Å². The normalized spacial score (nSPS) is 13.0. The van der Waals surface area contributed by atoms with Gasteiger partial charge in [-0.1, -0.05) is 29.6 Å². The van der Waals surface area contributed by atoms with Gasteiger partial charge in [0.1, 0.15) is 43.0 Å². The summed E-state index contributed by atoms with van der Waals surface area (Å²) >= 11 is 0. The Morgan fingerprint density at radius 3 is 2.50 bits per heavy atom. The maximum atomic E-state index is 10.9. The van der Waals surface area contributed by atoms with E-state index in [4.69, 9.17) is 0 Å². The fourth-order valence-electron chi connectivity index (χ4n) is 4.54. The summed E-state index contributed by atoms with van der Waals surface area (Å²) in [6.45, 7) is 6.00. The van der Waals surface area contributed by atoms with Gasteiger partial charge in [-0.15, -0.1) is 0 Å². The predicted octanol–water partition coefficient (Wildman–Crippen LogP) is -1.92. The number of phenols is 1. The molecule has 0 aliphatic heterocycles. The van der Waals surface area contributed by atoms with Crippen LogP contribution >= 0.6 is 0 Å². The molecule has 0 aliphatic rings. The number of aliphatic hydroxyl groups is 1. The third kappa shape index (κ3) is 4.50. The fraction of sp³-hybridized carbons (Fsp3) is 0.167. The third-order valence-electron chi connectivity index (χ3n) is 6.43. The SMILES string of the molecule is Bc1c(B)c(C(=C)Nc2cc3cc(-c4cncn4C)ccc3cn2)c(B)c(O)c1CC(B)(C)O. The molecule has 0 saturated carbocycles. The minimum atomic E-state index is -0.915. The van der Waals surface area contributed by atoms with Crippen LogP contribution in [0.5, 0.6) is 5.75 Å². The van der Waals surface area contributed by atoms with Crippen molar-refractivity contribution in [3.63, 3.8) is 0 Å². The molecule has 34 heavy (non-hydrogen) atoms. The van der Waals surface area contributed by atoms with Crippen LogP contribution in [0, 0.1) is 0 Å². The lowest BCUT2D eigenvalue weighted by molar-refractivity contribution is 0.148. The quantitative estimate of drug-likeness (QED) is 0.300. The second-order valence-electron chi connectivity index (χ2n) is 9.69. The van der Waals surface area contributed by atoms with Gasteiger partial charge in [0, 0.05) is 35.4 Å². The fourth-order valence-corrected chi connectivity index (χ4v) is 4.54. The average molecular weight is 448 g/mol. The first-order valence-corrected chi connectivity index (χ1v) is 11.3. The van der Waals surface area contributed by atoms with Crippen molar-refractivity contribution in [3.8, 4) is 17.0 Å². The molecule has 2 aromatic heterocycles. The molecule has 0 bridgehead atoms. The Morgan fingerprint density at radius 1 is 1.12 bits per heavy atom. The summed E-state index contributed by atoms with van der Waals surface area (Å²) in [5.41, 5.74) is 6.21. The minimum absolute atomic E-state index is 0.204. The molecule has 4 rings (SSSR count). The molecule has 10 heteroatoms. The molecule has 2 heterocycles. The van der Waals surface area contributed by atoms with Crippen molar-refractivity contribution in [1.82, 2.24) is 14.5 Å². The van der Waals surface area contributed by atoms with Crippen LogP contribution in [-0.2, 0) is 13.5 Å². The number of hydrogen-bond acceptors (Lipinski definition) is 5. The van der Waals surface area contributed by atoms with Gasteiger partial charge in [0.25, 0.3) is 0 Å². The van der Waals surface area contributed by atoms with E-state index in [1.807, 2.05) is 53.6 Å². The highest BCUT2D eigenvalue weighted by atomic mass is 16.3. The van der Waals surface area contributed by atoms with Crippen LogP contribution in [-0.4, -0.2) is 61.6 Å². The van der Waals surface area contributed by atoms with Crippen molar-refractivity contribution < 1.29 is 10.2 Å². The van der Waals surface area contributed by atoms with Gasteiger partial charge in [0.05, 0.1) is 18.2 Å². The molecule has 6 nitrogen and oxygen atoms in total. The largest absolute Gasteiger partial charge is 0.508 e. The number of nitrogens with one attached hydrogen (secondary N) is 1. The Kier molecular flexibility index (Phi) is 6.13. The number of nitrogens with zero attached hydrogens (tertiary/aromatic N) is 3. The number of aromatic hydroxyl groups is 1. The Labute approximate surface area is 203 Å². The molecule has 168 valence electrons. The van der Waals surface area contributed by atoms with Gasteiger partial charge in [-0.2, -0.15) is 0 Å². The predicted molar refractivity (Wildman–Crippen MR) is 152 cm³/mol. The monoisotopic (exact) mass is 448 g/mol. The zero-order valence-electron chi connectivity index (χ0n) is 20.7. The maximum absolute atomic E-state index is 10.9. The molecule has 2 aromatic carbocycles. The molecule has 3 N–H and O–H groups in total. The van der Waals surface area contributed by atoms with Crippen molar-refractivity contribution in [2.45, 2.75) is 18.8 Å². The zero-order chi connectivity index (χ0) is 24.8. The van der Waals surface area contributed by atoms with E-state index in [1.165, 1.54) is 0 Å². The van der Waals surface area contributed by atoms with E-state index >= 15 is 0 Å². The van der Waals surface area contributed by atoms with E-state index in [1.54, 1.807) is 21.1 Å². The Hall–Kier alpha value is -3.38. The van der Waals surface area contributed by atoms with Crippen molar-refractivity contribution >= 4 is 70.1 Å². The Bertz CT molecular complexity index is 1400. The van der Waals surface area contributed by atoms with E-state index in [9.17, 15) is 10.2 Å². The highest BCUT2D eigenvalue weighted by Gasteiger charge is 2.23. The number of hydrogen-bond donors (Lipinski definition) is 3. The van der Waals surface area contributed by atoms with E-state index in [-0.39, 0.29) is 5.75 Å². The maximum Gasteiger partial charge on any atom is 0.145 e. The lowest BCUT2D eigenvalue weighted by atomic mass is 9.66. The molecular formula is C24H28B4N4O2. The molecular weight excluding hydrogens is 420 g/mol. The van der Waals surface area contributed by atoms with Gasteiger partial charge in [-0.25, -0.2) is 9.97 Å². The number of anilines is 1. The summed E-state index contributed by atoms with van der Waals surface area (Å²) in [6.07, 6.45) is 5.85. The molecule has 0 amide bonds. The van der Waals surface area contributed by atoms with Gasteiger partial charge in [0.2, 0.25) is 0 Å². The van der Waals surface area contributed by atoms with E-state index < -0.39 is 5.50 Å². The lowest BCUT2D eigenvalue weighted by Crippen LogP contribution is -2.41. The summed E-state index contributed by atoms with van der Waals surface area (Å²) in [4.78, 5) is 8.78. The number of aryl methyl sites for hydroxylation is 1. The second kappa shape index (κ2) is 8.76. The first kappa shape index (κ1) is 23.8. The number of pyridine rings is 1. The number of benzene rings is 2. The zero-order valence-corrected chi connectivity index (χ0v) is 20.7. The van der Waals surface area contributed by atoms with Gasteiger partial charge >= 0.3 is 0 Å². The first-order chi connectivity index (χ1) is 16.0. The number of phenolic OH excluding ortho intramolecular Hbond substituents is 1. The van der Waals surface area contributed by atoms with Gasteiger partial charge < -0.3 is 20.1 Å². The molecule has 1 atom stereocenters. The summed E-state index contributed by atoms with van der Waals surface area (Å²) in [5, 5.41) is 26.7. The van der Waals surface area contributed by atoms with Crippen LogP contribution < -0.4 is 21.7 Å². The van der Waals surface area contributed by atoms with Gasteiger partial charge in [-0.05, 0) is 47.5 Å². The van der Waals surface area contributed by atoms with Gasteiger partial charge in [0.15, 0.2) is 0 Å².